The van der Waals surface area contributed by atoms with Crippen molar-refractivity contribution in [1.29, 1.82) is 0 Å². The highest BCUT2D eigenvalue weighted by molar-refractivity contribution is 5.95. The Balaban J connectivity index is 1.35. The summed E-state index contributed by atoms with van der Waals surface area (Å²) in [6, 6.07) is 0. The second kappa shape index (κ2) is 9.17. The van der Waals surface area contributed by atoms with Gasteiger partial charge in [0.2, 0.25) is 0 Å². The summed E-state index contributed by atoms with van der Waals surface area (Å²) >= 11 is 0. The highest BCUT2D eigenvalue weighted by Gasteiger charge is 2.70. The minimum atomic E-state index is -0.477. The first-order valence-electron chi connectivity index (χ1n) is 16.8. The second-order valence-corrected chi connectivity index (χ2v) is 17.3. The van der Waals surface area contributed by atoms with Gasteiger partial charge < -0.3 is 9.84 Å². The highest BCUT2D eigenvalue weighted by Crippen LogP contribution is 2.75. The zero-order chi connectivity index (χ0) is 28.9. The minimum absolute atomic E-state index is 0.00475. The summed E-state index contributed by atoms with van der Waals surface area (Å²) < 4.78 is 6.19. The van der Waals surface area contributed by atoms with Gasteiger partial charge >= 0.3 is 5.97 Å². The van der Waals surface area contributed by atoms with Crippen molar-refractivity contribution in [3.05, 3.63) is 11.6 Å². The number of carbonyl (C=O) groups excluding carboxylic acids is 2. The molecule has 40 heavy (non-hydrogen) atoms. The van der Waals surface area contributed by atoms with Crippen LogP contribution in [0, 0.1) is 50.2 Å². The van der Waals surface area contributed by atoms with Crippen LogP contribution < -0.4 is 0 Å². The number of ether oxygens (including phenoxy) is 1. The number of fused-ring (bicyclic) bond motifs is 7. The molecule has 6 aliphatic rings. The maximum Gasteiger partial charge on any atom is 0.312 e. The van der Waals surface area contributed by atoms with Crippen molar-refractivity contribution < 1.29 is 19.4 Å². The Morgan fingerprint density at radius 3 is 2.23 bits per heavy atom. The van der Waals surface area contributed by atoms with Gasteiger partial charge in [-0.3, -0.25) is 9.59 Å². The third-order valence-electron chi connectivity index (χ3n) is 14.9. The summed E-state index contributed by atoms with van der Waals surface area (Å²) in [6.45, 7) is 16.4. The van der Waals surface area contributed by atoms with Crippen LogP contribution in [-0.4, -0.2) is 29.1 Å². The van der Waals surface area contributed by atoms with Crippen molar-refractivity contribution in [3.8, 4) is 0 Å². The molecule has 0 aromatic carbocycles. The predicted molar refractivity (Wildman–Crippen MR) is 158 cm³/mol. The molecule has 0 amide bonds. The van der Waals surface area contributed by atoms with E-state index in [1.54, 1.807) is 0 Å². The van der Waals surface area contributed by atoms with Gasteiger partial charge in [-0.05, 0) is 135 Å². The minimum Gasteiger partial charge on any atom is -0.462 e. The van der Waals surface area contributed by atoms with Crippen molar-refractivity contribution in [2.24, 2.45) is 50.2 Å². The molecule has 4 heteroatoms. The molecule has 4 nitrogen and oxygen atoms in total. The Hall–Kier alpha value is -1.16. The van der Waals surface area contributed by atoms with Crippen LogP contribution in [0.5, 0.6) is 0 Å². The molecule has 0 aliphatic heterocycles. The van der Waals surface area contributed by atoms with Crippen LogP contribution in [0.4, 0.5) is 0 Å². The van der Waals surface area contributed by atoms with Gasteiger partial charge in [0, 0.05) is 5.92 Å². The van der Waals surface area contributed by atoms with Crippen molar-refractivity contribution in [2.45, 2.75) is 151 Å². The average Bonchev–Trinajstić information content (AvgIpc) is 2.89. The Morgan fingerprint density at radius 2 is 1.52 bits per heavy atom. The molecule has 224 valence electrons. The monoisotopic (exact) mass is 552 g/mol. The van der Waals surface area contributed by atoms with E-state index in [1.165, 1.54) is 31.3 Å². The molecule has 2 unspecified atom stereocenters. The molecule has 0 aromatic rings. The lowest BCUT2D eigenvalue weighted by atomic mass is 9.33. The maximum atomic E-state index is 14.5. The Bertz CT molecular complexity index is 1100. The fourth-order valence-corrected chi connectivity index (χ4v) is 11.8. The number of hydrogen-bond donors (Lipinski definition) is 1. The number of esters is 1. The van der Waals surface area contributed by atoms with Crippen molar-refractivity contribution in [1.82, 2.24) is 0 Å². The lowest BCUT2D eigenvalue weighted by Crippen LogP contribution is -2.66. The Labute approximate surface area is 243 Å². The van der Waals surface area contributed by atoms with E-state index in [1.807, 2.05) is 0 Å². The van der Waals surface area contributed by atoms with Crippen molar-refractivity contribution in [2.75, 3.05) is 0 Å². The summed E-state index contributed by atoms with van der Waals surface area (Å²) in [5.41, 5.74) is 0.605. The number of aliphatic hydroxyl groups excluding tert-OH is 1. The third kappa shape index (κ3) is 3.85. The van der Waals surface area contributed by atoms with Gasteiger partial charge in [-0.2, -0.15) is 0 Å². The van der Waals surface area contributed by atoms with Gasteiger partial charge in [-0.25, -0.2) is 0 Å². The molecule has 0 aromatic heterocycles. The molecule has 6 aliphatic carbocycles. The topological polar surface area (TPSA) is 63.6 Å². The molecule has 0 radical (unpaired) electrons. The van der Waals surface area contributed by atoms with Crippen LogP contribution in [0.2, 0.25) is 0 Å². The van der Waals surface area contributed by atoms with Crippen LogP contribution in [0.15, 0.2) is 11.6 Å². The summed E-state index contributed by atoms with van der Waals surface area (Å²) in [5.74, 6) is 0.939. The first kappa shape index (κ1) is 28.9. The van der Waals surface area contributed by atoms with E-state index in [4.69, 9.17) is 4.74 Å². The van der Waals surface area contributed by atoms with Gasteiger partial charge in [0.15, 0.2) is 5.78 Å². The lowest BCUT2D eigenvalue weighted by Gasteiger charge is -2.70. The number of rotatable bonds is 2. The molecule has 0 bridgehead atoms. The molecule has 9 atom stereocenters. The van der Waals surface area contributed by atoms with E-state index in [-0.39, 0.29) is 57.1 Å². The van der Waals surface area contributed by atoms with Gasteiger partial charge in [0.05, 0.1) is 11.5 Å². The molecule has 6 rings (SSSR count). The van der Waals surface area contributed by atoms with E-state index in [0.717, 1.165) is 64.2 Å². The lowest BCUT2D eigenvalue weighted by molar-refractivity contribution is -0.202. The molecule has 1 N–H and O–H groups in total. The number of carbonyl (C=O) groups is 2. The fraction of sp³-hybridized carbons (Fsp3) is 0.889. The summed E-state index contributed by atoms with van der Waals surface area (Å²) in [4.78, 5) is 28.2. The maximum absolute atomic E-state index is 14.5. The fourth-order valence-electron chi connectivity index (χ4n) is 11.8. The standard InChI is InChI=1S/C36H56O4/c1-31(2)27-13-16-36(7)29(34(27,5)15-14-28(31)38)26(37)21-24-25-22-33(4,30(39)40-23-11-9-8-10-12-23)18-17-32(25,3)19-20-35(24,36)6/h21,23,25,27-29,38H,8-20,22H2,1-7H3/t25-,27?,28-,29?,32+,33-,34-,35+,36+/m0/s1. The van der Waals surface area contributed by atoms with E-state index in [2.05, 4.69) is 54.5 Å². The molecule has 0 saturated heterocycles. The molecule has 0 heterocycles. The Morgan fingerprint density at radius 1 is 0.850 bits per heavy atom. The zero-order valence-electron chi connectivity index (χ0n) is 26.5. The SMILES string of the molecule is CC1(C)C2CC[C@]3(C)C(C(=O)C=C4[C@@H]5C[C@@](C)(C(=O)OC6CCCCC6)CC[C@]5(C)CC[C@]43C)[C@@]2(C)CC[C@@H]1O. The van der Waals surface area contributed by atoms with Crippen LogP contribution in [-0.2, 0) is 14.3 Å². The first-order valence-corrected chi connectivity index (χ1v) is 16.8. The quantitative estimate of drug-likeness (QED) is 0.351. The smallest absolute Gasteiger partial charge is 0.312 e. The van der Waals surface area contributed by atoms with E-state index < -0.39 is 5.41 Å². The average molecular weight is 553 g/mol. The van der Waals surface area contributed by atoms with Gasteiger partial charge in [0.25, 0.3) is 0 Å². The number of allylic oxidation sites excluding steroid dienone is 2. The van der Waals surface area contributed by atoms with E-state index >= 15 is 0 Å². The summed E-state index contributed by atoms with van der Waals surface area (Å²) in [6.07, 6.45) is 16.4. The largest absolute Gasteiger partial charge is 0.462 e. The Kier molecular flexibility index (Phi) is 6.63. The second-order valence-electron chi connectivity index (χ2n) is 17.3. The van der Waals surface area contributed by atoms with Crippen molar-refractivity contribution >= 4 is 11.8 Å². The van der Waals surface area contributed by atoms with Crippen LogP contribution in [0.3, 0.4) is 0 Å². The van der Waals surface area contributed by atoms with Crippen molar-refractivity contribution in [3.63, 3.8) is 0 Å². The number of aliphatic hydroxyl groups is 1. The number of ketones is 1. The van der Waals surface area contributed by atoms with E-state index in [0.29, 0.717) is 11.7 Å². The van der Waals surface area contributed by atoms with Crippen LogP contribution >= 0.6 is 0 Å². The van der Waals surface area contributed by atoms with Crippen LogP contribution in [0.1, 0.15) is 138 Å². The van der Waals surface area contributed by atoms with Gasteiger partial charge in [-0.1, -0.05) is 53.5 Å². The third-order valence-corrected chi connectivity index (χ3v) is 14.9. The highest BCUT2D eigenvalue weighted by atomic mass is 16.5. The molecular weight excluding hydrogens is 496 g/mol. The summed E-state index contributed by atoms with van der Waals surface area (Å²) in [5, 5.41) is 11.0. The molecular formula is C36H56O4. The molecule has 0 spiro atoms. The molecule has 5 fully saturated rings. The first-order chi connectivity index (χ1) is 18.6. The zero-order valence-corrected chi connectivity index (χ0v) is 26.5. The summed E-state index contributed by atoms with van der Waals surface area (Å²) in [7, 11) is 0. The van der Waals surface area contributed by atoms with E-state index in [9.17, 15) is 14.7 Å². The predicted octanol–water partition coefficient (Wildman–Crippen LogP) is 8.20. The molecule has 5 saturated carbocycles. The van der Waals surface area contributed by atoms with Gasteiger partial charge in [0.1, 0.15) is 6.10 Å². The number of hydrogen-bond acceptors (Lipinski definition) is 4. The van der Waals surface area contributed by atoms with Crippen LogP contribution in [0.25, 0.3) is 0 Å². The van der Waals surface area contributed by atoms with Gasteiger partial charge in [-0.15, -0.1) is 0 Å². The normalized spacial score (nSPS) is 50.5.